The van der Waals surface area contributed by atoms with Gasteiger partial charge in [-0.05, 0) is 55.5 Å². The summed E-state index contributed by atoms with van der Waals surface area (Å²) in [7, 11) is 0. The molecule has 0 fully saturated rings. The minimum Gasteiger partial charge on any atom is -0.325 e. The third kappa shape index (κ3) is 4.26. The maximum atomic E-state index is 14.5. The Morgan fingerprint density at radius 3 is 2.58 bits per heavy atom. The average molecular weight is 454 g/mol. The average Bonchev–Trinajstić information content (AvgIpc) is 3.19. The molecule has 0 atom stereocenters. The van der Waals surface area contributed by atoms with Crippen molar-refractivity contribution in [3.8, 4) is 5.69 Å². The van der Waals surface area contributed by atoms with Gasteiger partial charge in [0.2, 0.25) is 5.91 Å². The summed E-state index contributed by atoms with van der Waals surface area (Å²) < 4.78 is 16.2. The molecule has 0 radical (unpaired) electrons. The molecule has 0 spiro atoms. The van der Waals surface area contributed by atoms with Crippen LogP contribution in [0.1, 0.15) is 16.7 Å². The van der Waals surface area contributed by atoms with Gasteiger partial charge in [-0.2, -0.15) is 0 Å². The molecule has 0 saturated heterocycles. The predicted octanol–water partition coefficient (Wildman–Crippen LogP) is 5.24. The van der Waals surface area contributed by atoms with Crippen molar-refractivity contribution in [1.82, 2.24) is 9.55 Å². The number of aryl methyl sites for hydroxylation is 3. The number of anilines is 1. The van der Waals surface area contributed by atoms with Crippen molar-refractivity contribution in [1.29, 1.82) is 0 Å². The fraction of sp³-hybridized carbons (Fsp3) is 0.174. The van der Waals surface area contributed by atoms with E-state index in [0.717, 1.165) is 34.1 Å². The molecule has 1 amide bonds. The van der Waals surface area contributed by atoms with E-state index in [0.29, 0.717) is 10.2 Å². The number of hydrogen-bond donors (Lipinski definition) is 1. The van der Waals surface area contributed by atoms with Gasteiger partial charge in [0.1, 0.15) is 10.5 Å². The summed E-state index contributed by atoms with van der Waals surface area (Å²) in [5, 5.41) is 4.99. The van der Waals surface area contributed by atoms with E-state index in [4.69, 9.17) is 0 Å². The van der Waals surface area contributed by atoms with Crippen molar-refractivity contribution in [3.05, 3.63) is 80.7 Å². The van der Waals surface area contributed by atoms with Crippen molar-refractivity contribution < 1.29 is 9.18 Å². The Labute approximate surface area is 187 Å². The fourth-order valence-corrected chi connectivity index (χ4v) is 5.08. The standard InChI is InChI=1S/C23H20FN3O2S2/c1-13-10-14(2)20(15(3)11-13)26-19(28)12-31-23-25-17-8-9-30-21(17)22(29)27(23)18-7-5-4-6-16(18)24/h4-11H,12H2,1-3H3,(H,26,28). The quantitative estimate of drug-likeness (QED) is 0.331. The molecule has 0 saturated carbocycles. The van der Waals surface area contributed by atoms with Gasteiger partial charge in [0.25, 0.3) is 5.56 Å². The van der Waals surface area contributed by atoms with Crippen LogP contribution in [0.5, 0.6) is 0 Å². The molecule has 0 aliphatic carbocycles. The molecule has 0 aliphatic rings. The van der Waals surface area contributed by atoms with Gasteiger partial charge >= 0.3 is 0 Å². The van der Waals surface area contributed by atoms with Gasteiger partial charge in [-0.3, -0.25) is 14.2 Å². The number of para-hydroxylation sites is 1. The summed E-state index contributed by atoms with van der Waals surface area (Å²) in [6.45, 7) is 5.91. The molecule has 4 rings (SSSR count). The van der Waals surface area contributed by atoms with E-state index in [-0.39, 0.29) is 28.1 Å². The van der Waals surface area contributed by atoms with Gasteiger partial charge in [-0.15, -0.1) is 11.3 Å². The Kier molecular flexibility index (Phi) is 5.93. The number of carbonyl (C=O) groups excluding carboxylic acids is 1. The summed E-state index contributed by atoms with van der Waals surface area (Å²) in [5.41, 5.74) is 4.18. The fourth-order valence-electron chi connectivity index (χ4n) is 3.52. The summed E-state index contributed by atoms with van der Waals surface area (Å²) in [4.78, 5) is 30.3. The maximum Gasteiger partial charge on any atom is 0.276 e. The first-order chi connectivity index (χ1) is 14.8. The zero-order valence-electron chi connectivity index (χ0n) is 17.2. The first kappa shape index (κ1) is 21.3. The van der Waals surface area contributed by atoms with Crippen LogP contribution in [-0.2, 0) is 4.79 Å². The third-order valence-corrected chi connectivity index (χ3v) is 6.65. The molecule has 31 heavy (non-hydrogen) atoms. The highest BCUT2D eigenvalue weighted by molar-refractivity contribution is 7.99. The lowest BCUT2D eigenvalue weighted by Gasteiger charge is -2.14. The molecule has 2 aromatic carbocycles. The minimum atomic E-state index is -0.528. The van der Waals surface area contributed by atoms with Gasteiger partial charge in [0, 0.05) is 5.69 Å². The van der Waals surface area contributed by atoms with Gasteiger partial charge < -0.3 is 5.32 Å². The van der Waals surface area contributed by atoms with Gasteiger partial charge in [0.05, 0.1) is 17.0 Å². The number of nitrogens with zero attached hydrogens (tertiary/aromatic N) is 2. The van der Waals surface area contributed by atoms with Gasteiger partial charge in [0.15, 0.2) is 5.16 Å². The maximum absolute atomic E-state index is 14.5. The number of halogens is 1. The van der Waals surface area contributed by atoms with Crippen LogP contribution in [0.4, 0.5) is 10.1 Å². The topological polar surface area (TPSA) is 64.0 Å². The number of aromatic nitrogens is 2. The molecular formula is C23H20FN3O2S2. The second-order valence-electron chi connectivity index (χ2n) is 7.23. The Hall–Kier alpha value is -2.97. The van der Waals surface area contributed by atoms with Crippen molar-refractivity contribution in [3.63, 3.8) is 0 Å². The number of thioether (sulfide) groups is 1. The van der Waals surface area contributed by atoms with Crippen LogP contribution in [0.3, 0.4) is 0 Å². The SMILES string of the molecule is Cc1cc(C)c(NC(=O)CSc2nc3ccsc3c(=O)n2-c2ccccc2F)c(C)c1. The third-order valence-electron chi connectivity index (χ3n) is 4.82. The van der Waals surface area contributed by atoms with Crippen LogP contribution < -0.4 is 10.9 Å². The van der Waals surface area contributed by atoms with Crippen LogP contribution in [-0.4, -0.2) is 21.2 Å². The first-order valence-corrected chi connectivity index (χ1v) is 11.5. The number of carbonyl (C=O) groups is 1. The molecule has 4 aromatic rings. The number of benzene rings is 2. The largest absolute Gasteiger partial charge is 0.325 e. The van der Waals surface area contributed by atoms with Crippen LogP contribution in [0.25, 0.3) is 15.9 Å². The monoisotopic (exact) mass is 453 g/mol. The van der Waals surface area contributed by atoms with Gasteiger partial charge in [-0.1, -0.05) is 41.6 Å². The lowest BCUT2D eigenvalue weighted by atomic mass is 10.1. The summed E-state index contributed by atoms with van der Waals surface area (Å²) in [6, 6.07) is 11.8. The molecular weight excluding hydrogens is 433 g/mol. The molecule has 8 heteroatoms. The summed E-state index contributed by atoms with van der Waals surface area (Å²) in [5.74, 6) is -0.720. The zero-order chi connectivity index (χ0) is 22.1. The molecule has 2 heterocycles. The van der Waals surface area contributed by atoms with Gasteiger partial charge in [-0.25, -0.2) is 9.37 Å². The summed E-state index contributed by atoms with van der Waals surface area (Å²) >= 11 is 2.36. The Balaban J connectivity index is 1.66. The van der Waals surface area contributed by atoms with E-state index < -0.39 is 5.82 Å². The highest BCUT2D eigenvalue weighted by Gasteiger charge is 2.18. The highest BCUT2D eigenvalue weighted by Crippen LogP contribution is 2.26. The molecule has 1 N–H and O–H groups in total. The number of hydrogen-bond acceptors (Lipinski definition) is 5. The van der Waals surface area contributed by atoms with Crippen LogP contribution in [0, 0.1) is 26.6 Å². The van der Waals surface area contributed by atoms with Crippen LogP contribution in [0.2, 0.25) is 0 Å². The van der Waals surface area contributed by atoms with E-state index in [9.17, 15) is 14.0 Å². The molecule has 0 unspecified atom stereocenters. The molecule has 5 nitrogen and oxygen atoms in total. The van der Waals surface area contributed by atoms with E-state index in [1.807, 2.05) is 32.9 Å². The number of rotatable bonds is 5. The van der Waals surface area contributed by atoms with Crippen LogP contribution >= 0.6 is 23.1 Å². The van der Waals surface area contributed by atoms with Crippen LogP contribution in [0.15, 0.2) is 57.8 Å². The van der Waals surface area contributed by atoms with Crippen molar-refractivity contribution in [2.45, 2.75) is 25.9 Å². The Morgan fingerprint density at radius 2 is 1.87 bits per heavy atom. The highest BCUT2D eigenvalue weighted by atomic mass is 32.2. The number of fused-ring (bicyclic) bond motifs is 1. The second kappa shape index (κ2) is 8.64. The first-order valence-electron chi connectivity index (χ1n) is 9.61. The van der Waals surface area contributed by atoms with E-state index in [1.54, 1.807) is 23.6 Å². The second-order valence-corrected chi connectivity index (χ2v) is 9.09. The Bertz CT molecular complexity index is 1340. The smallest absolute Gasteiger partial charge is 0.276 e. The predicted molar refractivity (Wildman–Crippen MR) is 125 cm³/mol. The number of amides is 1. The molecule has 0 bridgehead atoms. The number of thiophene rings is 1. The van der Waals surface area contributed by atoms with E-state index in [2.05, 4.69) is 10.3 Å². The number of nitrogens with one attached hydrogen (secondary N) is 1. The molecule has 158 valence electrons. The summed E-state index contributed by atoms with van der Waals surface area (Å²) in [6.07, 6.45) is 0. The lowest BCUT2D eigenvalue weighted by Crippen LogP contribution is -2.23. The van der Waals surface area contributed by atoms with Crippen molar-refractivity contribution >= 4 is 44.9 Å². The minimum absolute atomic E-state index is 0.0310. The molecule has 2 aromatic heterocycles. The molecule has 0 aliphatic heterocycles. The van der Waals surface area contributed by atoms with Crippen molar-refractivity contribution in [2.24, 2.45) is 0 Å². The lowest BCUT2D eigenvalue weighted by molar-refractivity contribution is -0.113. The van der Waals surface area contributed by atoms with E-state index >= 15 is 0 Å². The zero-order valence-corrected chi connectivity index (χ0v) is 18.9. The normalized spacial score (nSPS) is 11.1. The van der Waals surface area contributed by atoms with Crippen molar-refractivity contribution in [2.75, 3.05) is 11.1 Å². The Morgan fingerprint density at radius 1 is 1.16 bits per heavy atom. The van der Waals surface area contributed by atoms with E-state index in [1.165, 1.54) is 28.0 Å².